The van der Waals surface area contributed by atoms with Crippen molar-refractivity contribution in [3.63, 3.8) is 0 Å². The summed E-state index contributed by atoms with van der Waals surface area (Å²) in [4.78, 5) is 20.6. The fraction of sp³-hybridized carbons (Fsp3) is 0.407. The van der Waals surface area contributed by atoms with Gasteiger partial charge in [-0.05, 0) is 48.4 Å². The number of anilines is 1. The highest BCUT2D eigenvalue weighted by molar-refractivity contribution is 5.94. The Morgan fingerprint density at radius 3 is 2.88 bits per heavy atom. The van der Waals surface area contributed by atoms with Crippen molar-refractivity contribution in [3.8, 4) is 16.9 Å². The van der Waals surface area contributed by atoms with E-state index >= 15 is 0 Å². The topological polar surface area (TPSA) is 63.5 Å². The van der Waals surface area contributed by atoms with Crippen LogP contribution < -0.4 is 9.64 Å². The normalized spacial score (nSPS) is 18.3. The first-order valence-corrected chi connectivity index (χ1v) is 11.9. The third-order valence-electron chi connectivity index (χ3n) is 7.13. The van der Waals surface area contributed by atoms with E-state index in [1.807, 2.05) is 18.3 Å². The Morgan fingerprint density at radius 1 is 1.09 bits per heavy atom. The number of pyridine rings is 1. The number of aliphatic imine (C=N–C) groups is 1. The van der Waals surface area contributed by atoms with E-state index in [1.165, 1.54) is 11.3 Å². The van der Waals surface area contributed by atoms with Gasteiger partial charge in [-0.3, -0.25) is 9.98 Å². The predicted molar refractivity (Wildman–Crippen MR) is 131 cm³/mol. The van der Waals surface area contributed by atoms with Gasteiger partial charge in [-0.15, -0.1) is 0 Å². The van der Waals surface area contributed by atoms with Gasteiger partial charge in [0.1, 0.15) is 31.2 Å². The van der Waals surface area contributed by atoms with Crippen molar-refractivity contribution in [2.75, 3.05) is 24.7 Å². The van der Waals surface area contributed by atoms with Gasteiger partial charge in [0.25, 0.3) is 0 Å². The van der Waals surface area contributed by atoms with Crippen LogP contribution in [0.25, 0.3) is 11.1 Å². The summed E-state index contributed by atoms with van der Waals surface area (Å²) in [5, 5.41) is 0. The summed E-state index contributed by atoms with van der Waals surface area (Å²) in [6, 6.07) is 8.27. The molecule has 0 unspecified atom stereocenters. The maximum atomic E-state index is 13.1. The highest BCUT2D eigenvalue weighted by Gasteiger charge is 2.30. The van der Waals surface area contributed by atoms with E-state index in [0.29, 0.717) is 18.7 Å². The van der Waals surface area contributed by atoms with Gasteiger partial charge in [-0.1, -0.05) is 19.9 Å². The van der Waals surface area contributed by atoms with Gasteiger partial charge in [0.05, 0.1) is 23.6 Å². The van der Waals surface area contributed by atoms with E-state index in [1.54, 1.807) is 6.33 Å². The number of hydrogen-bond donors (Lipinski definition) is 0. The second-order valence-electron chi connectivity index (χ2n) is 10.2. The molecule has 0 saturated carbocycles. The molecular weight excluding hydrogens is 429 g/mol. The molecule has 0 amide bonds. The molecule has 6 nitrogen and oxygen atoms in total. The number of aryl methyl sites for hydroxylation is 1. The minimum Gasteiger partial charge on any atom is -0.491 e. The quantitative estimate of drug-likeness (QED) is 0.551. The third-order valence-corrected chi connectivity index (χ3v) is 7.13. The second kappa shape index (κ2) is 8.15. The van der Waals surface area contributed by atoms with E-state index < -0.39 is 6.67 Å². The van der Waals surface area contributed by atoms with Gasteiger partial charge in [0, 0.05) is 41.5 Å². The molecule has 4 heterocycles. The van der Waals surface area contributed by atoms with Crippen LogP contribution in [0.1, 0.15) is 42.8 Å². The lowest BCUT2D eigenvalue weighted by atomic mass is 9.76. The Labute approximate surface area is 199 Å². The minimum absolute atomic E-state index is 0.255. The van der Waals surface area contributed by atoms with E-state index in [9.17, 15) is 4.39 Å². The van der Waals surface area contributed by atoms with Crippen molar-refractivity contribution in [2.45, 2.75) is 46.1 Å². The molecule has 7 heteroatoms. The zero-order valence-corrected chi connectivity index (χ0v) is 19.6. The number of aromatic nitrogens is 3. The Morgan fingerprint density at radius 2 is 2.00 bits per heavy atom. The van der Waals surface area contributed by atoms with Crippen molar-refractivity contribution in [1.82, 2.24) is 15.0 Å². The monoisotopic (exact) mass is 457 g/mol. The van der Waals surface area contributed by atoms with Crippen molar-refractivity contribution in [3.05, 3.63) is 59.3 Å². The van der Waals surface area contributed by atoms with E-state index in [-0.39, 0.29) is 5.41 Å². The molecule has 0 fully saturated rings. The van der Waals surface area contributed by atoms with Crippen LogP contribution in [0.5, 0.6) is 5.75 Å². The van der Waals surface area contributed by atoms with Crippen molar-refractivity contribution in [2.24, 2.45) is 10.4 Å². The number of fused-ring (bicyclic) bond motifs is 3. The van der Waals surface area contributed by atoms with Crippen molar-refractivity contribution in [1.29, 1.82) is 0 Å². The highest BCUT2D eigenvalue weighted by Crippen LogP contribution is 2.39. The van der Waals surface area contributed by atoms with Crippen LogP contribution in [0.3, 0.4) is 0 Å². The summed E-state index contributed by atoms with van der Waals surface area (Å²) < 4.78 is 19.2. The Kier molecular flexibility index (Phi) is 5.08. The molecule has 0 spiro atoms. The van der Waals surface area contributed by atoms with E-state index in [4.69, 9.17) is 9.72 Å². The number of alkyl halides is 1. The molecule has 0 N–H and O–H groups in total. The molecule has 1 aliphatic carbocycles. The van der Waals surface area contributed by atoms with Crippen LogP contribution in [0, 0.1) is 5.41 Å². The Balaban J connectivity index is 1.33. The maximum absolute atomic E-state index is 13.1. The molecule has 1 aromatic carbocycles. The average Bonchev–Trinajstić information content (AvgIpc) is 3.14. The fourth-order valence-corrected chi connectivity index (χ4v) is 5.24. The summed E-state index contributed by atoms with van der Waals surface area (Å²) in [6.07, 6.45) is 7.20. The largest absolute Gasteiger partial charge is 0.491 e. The van der Waals surface area contributed by atoms with Crippen molar-refractivity contribution >= 4 is 17.2 Å². The van der Waals surface area contributed by atoms with Crippen LogP contribution in [-0.2, 0) is 25.8 Å². The number of halogens is 1. The lowest BCUT2D eigenvalue weighted by Gasteiger charge is -2.33. The second-order valence-corrected chi connectivity index (χ2v) is 10.2. The Hall–Kier alpha value is -3.35. The lowest BCUT2D eigenvalue weighted by molar-refractivity contribution is 0.310. The molecule has 2 aromatic heterocycles. The molecule has 174 valence electrons. The SMILES string of the molecule is CC1(C)CCc2ncnc(N3CCOc4ccc(-c5cnc6c(c5)N=C(CF)C6)cc4C3)c2C1. The lowest BCUT2D eigenvalue weighted by Crippen LogP contribution is -2.31. The zero-order chi connectivity index (χ0) is 23.3. The van der Waals surface area contributed by atoms with Crippen LogP contribution in [0.15, 0.2) is 41.8 Å². The average molecular weight is 458 g/mol. The molecule has 34 heavy (non-hydrogen) atoms. The first-order chi connectivity index (χ1) is 16.5. The summed E-state index contributed by atoms with van der Waals surface area (Å²) >= 11 is 0. The molecule has 2 aliphatic heterocycles. The van der Waals surface area contributed by atoms with Gasteiger partial charge < -0.3 is 9.64 Å². The number of ether oxygens (including phenoxy) is 1. The summed E-state index contributed by atoms with van der Waals surface area (Å²) in [7, 11) is 0. The smallest absolute Gasteiger partial charge is 0.135 e. The number of rotatable bonds is 3. The Bertz CT molecular complexity index is 1300. The molecule has 0 atom stereocenters. The summed E-state index contributed by atoms with van der Waals surface area (Å²) in [6.45, 7) is 6.22. The van der Waals surface area contributed by atoms with Gasteiger partial charge in [0.2, 0.25) is 0 Å². The van der Waals surface area contributed by atoms with Gasteiger partial charge in [0.15, 0.2) is 0 Å². The predicted octanol–water partition coefficient (Wildman–Crippen LogP) is 5.05. The molecule has 0 saturated heterocycles. The van der Waals surface area contributed by atoms with Crippen LogP contribution in [-0.4, -0.2) is 40.5 Å². The van der Waals surface area contributed by atoms with Crippen LogP contribution in [0.4, 0.5) is 15.9 Å². The molecule has 6 rings (SSSR count). The maximum Gasteiger partial charge on any atom is 0.135 e. The van der Waals surface area contributed by atoms with Gasteiger partial charge in [-0.25, -0.2) is 14.4 Å². The first-order valence-electron chi connectivity index (χ1n) is 11.9. The zero-order valence-electron chi connectivity index (χ0n) is 19.6. The van der Waals surface area contributed by atoms with Crippen LogP contribution in [0.2, 0.25) is 0 Å². The molecule has 3 aliphatic rings. The number of nitrogens with zero attached hydrogens (tertiary/aromatic N) is 5. The number of hydrogen-bond acceptors (Lipinski definition) is 6. The standard InChI is InChI=1S/C27H28FN5O/c1-27(2)6-5-22-21(12-27)26(31-16-30-22)33-7-8-34-25-4-3-17(9-19(25)15-33)18-10-24-23(29-14-18)11-20(13-28)32-24/h3-4,9-10,14,16H,5-8,11-13,15H2,1-2H3. The summed E-state index contributed by atoms with van der Waals surface area (Å²) in [5.74, 6) is 1.94. The van der Waals surface area contributed by atoms with Gasteiger partial charge in [-0.2, -0.15) is 0 Å². The first kappa shape index (κ1) is 21.2. The van der Waals surface area contributed by atoms with Crippen molar-refractivity contribution < 1.29 is 9.13 Å². The highest BCUT2D eigenvalue weighted by atomic mass is 19.1. The molecule has 0 bridgehead atoms. The third kappa shape index (κ3) is 3.83. The van der Waals surface area contributed by atoms with Crippen LogP contribution >= 0.6 is 0 Å². The van der Waals surface area contributed by atoms with E-state index in [0.717, 1.165) is 72.0 Å². The summed E-state index contributed by atoms with van der Waals surface area (Å²) in [5.41, 5.74) is 8.02. The van der Waals surface area contributed by atoms with E-state index in [2.05, 4.69) is 45.8 Å². The molecular formula is C27H28FN5O. The number of benzene rings is 1. The molecule has 0 radical (unpaired) electrons. The molecule has 3 aromatic rings. The fourth-order valence-electron chi connectivity index (χ4n) is 5.24. The van der Waals surface area contributed by atoms with Gasteiger partial charge >= 0.3 is 0 Å². The minimum atomic E-state index is -0.526.